The molecule has 1 amide bonds. The second-order valence-electron chi connectivity index (χ2n) is 8.15. The van der Waals surface area contributed by atoms with E-state index in [0.29, 0.717) is 24.4 Å². The number of aromatic nitrogens is 2. The molecule has 0 fully saturated rings. The van der Waals surface area contributed by atoms with Crippen molar-refractivity contribution in [2.45, 2.75) is 19.3 Å². The van der Waals surface area contributed by atoms with Crippen LogP contribution in [0.1, 0.15) is 28.1 Å². The van der Waals surface area contributed by atoms with Gasteiger partial charge in [0.1, 0.15) is 11.5 Å². The predicted octanol–water partition coefficient (Wildman–Crippen LogP) is 6.34. The summed E-state index contributed by atoms with van der Waals surface area (Å²) in [5.41, 5.74) is 5.87. The van der Waals surface area contributed by atoms with Crippen LogP contribution in [0.2, 0.25) is 0 Å². The molecule has 0 spiro atoms. The van der Waals surface area contributed by atoms with Crippen LogP contribution < -0.4 is 5.32 Å². The first-order valence-electron chi connectivity index (χ1n) is 11.0. The fraction of sp³-hybridized carbons (Fsp3) is 0.107. The van der Waals surface area contributed by atoms with Crippen molar-refractivity contribution in [3.63, 3.8) is 0 Å². The molecule has 4 aromatic rings. The smallest absolute Gasteiger partial charge is 0.230 e. The molecule has 5 rings (SSSR count). The third-order valence-electron chi connectivity index (χ3n) is 5.72. The lowest BCUT2D eigenvalue weighted by molar-refractivity contribution is -0.115. The number of nitrogens with one attached hydrogen (secondary N) is 1. The zero-order valence-electron chi connectivity index (χ0n) is 18.3. The van der Waals surface area contributed by atoms with Gasteiger partial charge in [0.05, 0.1) is 17.8 Å². The fourth-order valence-corrected chi connectivity index (χ4v) is 4.40. The van der Waals surface area contributed by atoms with E-state index in [0.717, 1.165) is 37.2 Å². The Balaban J connectivity index is 1.50. The second kappa shape index (κ2) is 9.85. The monoisotopic (exact) mass is 561 g/mol. The Morgan fingerprint density at radius 1 is 0.971 bits per heavy atom. The topological polar surface area (TPSA) is 54.9 Å². The summed E-state index contributed by atoms with van der Waals surface area (Å²) in [5, 5.41) is 2.97. The van der Waals surface area contributed by atoms with E-state index >= 15 is 0 Å². The number of carbonyl (C=O) groups excluding carboxylic acids is 1. The summed E-state index contributed by atoms with van der Waals surface area (Å²) < 4.78 is 14.9. The highest BCUT2D eigenvalue weighted by atomic mass is 127. The molecule has 6 heteroatoms. The predicted molar refractivity (Wildman–Crippen MR) is 142 cm³/mol. The minimum absolute atomic E-state index is 0.150. The van der Waals surface area contributed by atoms with Gasteiger partial charge in [-0.05, 0) is 88.5 Å². The molecule has 0 radical (unpaired) electrons. The zero-order valence-corrected chi connectivity index (χ0v) is 20.4. The number of benzene rings is 3. The molecule has 0 bridgehead atoms. The van der Waals surface area contributed by atoms with Gasteiger partial charge in [0.15, 0.2) is 5.82 Å². The van der Waals surface area contributed by atoms with E-state index in [1.807, 2.05) is 66.7 Å². The lowest BCUT2D eigenvalue weighted by Gasteiger charge is -2.20. The van der Waals surface area contributed by atoms with Gasteiger partial charge in [0, 0.05) is 9.13 Å². The van der Waals surface area contributed by atoms with Crippen LogP contribution in [0.5, 0.6) is 0 Å². The molecule has 0 saturated carbocycles. The van der Waals surface area contributed by atoms with Gasteiger partial charge in [-0.2, -0.15) is 0 Å². The molecule has 0 aliphatic heterocycles. The normalized spacial score (nSPS) is 12.3. The largest absolute Gasteiger partial charge is 0.309 e. The molecule has 1 aliphatic rings. The van der Waals surface area contributed by atoms with Crippen LogP contribution in [0.25, 0.3) is 23.4 Å². The van der Waals surface area contributed by atoms with Gasteiger partial charge in [-0.3, -0.25) is 4.79 Å². The third kappa shape index (κ3) is 5.07. The van der Waals surface area contributed by atoms with Gasteiger partial charge in [-0.15, -0.1) is 0 Å². The standard InChI is InChI=1S/C28H21FIN3O/c29-21-10-13-23-20(17-21)9-15-24-27(23)31-25(14-8-18-4-2-1-3-5-18)28(32-24)33-26(34)16-19-6-11-22(30)12-7-19/h1-8,10-14,17H,9,15-16H2,(H,32,33,34)/b14-8+. The highest BCUT2D eigenvalue weighted by Gasteiger charge is 2.22. The second-order valence-corrected chi connectivity index (χ2v) is 9.40. The number of carbonyl (C=O) groups is 1. The van der Waals surface area contributed by atoms with Gasteiger partial charge >= 0.3 is 0 Å². The molecule has 1 aromatic heterocycles. The number of aryl methyl sites for hydroxylation is 2. The highest BCUT2D eigenvalue weighted by Crippen LogP contribution is 2.33. The summed E-state index contributed by atoms with van der Waals surface area (Å²) in [7, 11) is 0. The van der Waals surface area contributed by atoms with Gasteiger partial charge < -0.3 is 5.32 Å². The Bertz CT molecular complexity index is 1390. The average Bonchev–Trinajstić information content (AvgIpc) is 2.84. The first kappa shape index (κ1) is 22.4. The number of hydrogen-bond acceptors (Lipinski definition) is 3. The van der Waals surface area contributed by atoms with Crippen LogP contribution in [-0.4, -0.2) is 15.9 Å². The minimum Gasteiger partial charge on any atom is -0.309 e. The molecular formula is C28H21FIN3O. The van der Waals surface area contributed by atoms with Crippen molar-refractivity contribution in [3.05, 3.63) is 110 Å². The first-order valence-corrected chi connectivity index (χ1v) is 12.1. The maximum Gasteiger partial charge on any atom is 0.230 e. The Morgan fingerprint density at radius 3 is 2.56 bits per heavy atom. The van der Waals surface area contributed by atoms with Crippen molar-refractivity contribution < 1.29 is 9.18 Å². The summed E-state index contributed by atoms with van der Waals surface area (Å²) >= 11 is 2.24. The number of amides is 1. The van der Waals surface area contributed by atoms with Gasteiger partial charge in [0.2, 0.25) is 5.91 Å². The summed E-state index contributed by atoms with van der Waals surface area (Å²) in [6.07, 6.45) is 5.38. The number of fused-ring (bicyclic) bond motifs is 3. The number of rotatable bonds is 5. The van der Waals surface area contributed by atoms with Crippen LogP contribution in [0.4, 0.5) is 10.2 Å². The SMILES string of the molecule is O=C(Cc1ccc(I)cc1)Nc1nc2c(nc1/C=C/c1ccccc1)-c1ccc(F)cc1CC2. The summed E-state index contributed by atoms with van der Waals surface area (Å²) in [6.45, 7) is 0. The quantitative estimate of drug-likeness (QED) is 0.290. The van der Waals surface area contributed by atoms with E-state index in [1.54, 1.807) is 12.1 Å². The summed E-state index contributed by atoms with van der Waals surface area (Å²) in [5.74, 6) is 0.0361. The maximum absolute atomic E-state index is 13.8. The lowest BCUT2D eigenvalue weighted by Crippen LogP contribution is -2.19. The molecule has 1 N–H and O–H groups in total. The Labute approximate surface area is 211 Å². The van der Waals surface area contributed by atoms with E-state index in [4.69, 9.17) is 9.97 Å². The number of hydrogen-bond donors (Lipinski definition) is 1. The van der Waals surface area contributed by atoms with Gasteiger partial charge in [-0.25, -0.2) is 14.4 Å². The van der Waals surface area contributed by atoms with E-state index in [1.165, 1.54) is 6.07 Å². The van der Waals surface area contributed by atoms with Crippen LogP contribution >= 0.6 is 22.6 Å². The molecule has 0 saturated heterocycles. The maximum atomic E-state index is 13.8. The fourth-order valence-electron chi connectivity index (χ4n) is 4.04. The van der Waals surface area contributed by atoms with Crippen LogP contribution in [0.3, 0.4) is 0 Å². The van der Waals surface area contributed by atoms with Crippen molar-refractivity contribution in [1.29, 1.82) is 0 Å². The number of nitrogens with zero attached hydrogens (tertiary/aromatic N) is 2. The molecule has 168 valence electrons. The minimum atomic E-state index is -0.251. The Kier molecular flexibility index (Phi) is 6.49. The van der Waals surface area contributed by atoms with Crippen molar-refractivity contribution in [2.24, 2.45) is 0 Å². The van der Waals surface area contributed by atoms with Crippen LogP contribution in [-0.2, 0) is 24.1 Å². The van der Waals surface area contributed by atoms with Gasteiger partial charge in [0.25, 0.3) is 0 Å². The van der Waals surface area contributed by atoms with Crippen molar-refractivity contribution >= 4 is 46.5 Å². The molecule has 4 nitrogen and oxygen atoms in total. The van der Waals surface area contributed by atoms with E-state index in [2.05, 4.69) is 27.9 Å². The van der Waals surface area contributed by atoms with Crippen LogP contribution in [0.15, 0.2) is 72.8 Å². The number of halogens is 2. The molecule has 3 aromatic carbocycles. The molecular weight excluding hydrogens is 540 g/mol. The average molecular weight is 561 g/mol. The van der Waals surface area contributed by atoms with E-state index in [-0.39, 0.29) is 18.1 Å². The highest BCUT2D eigenvalue weighted by molar-refractivity contribution is 14.1. The van der Waals surface area contributed by atoms with E-state index in [9.17, 15) is 9.18 Å². The van der Waals surface area contributed by atoms with Gasteiger partial charge in [-0.1, -0.05) is 48.5 Å². The Morgan fingerprint density at radius 2 is 1.76 bits per heavy atom. The molecule has 34 heavy (non-hydrogen) atoms. The zero-order chi connectivity index (χ0) is 23.5. The van der Waals surface area contributed by atoms with Crippen molar-refractivity contribution in [2.75, 3.05) is 5.32 Å². The molecule has 0 unspecified atom stereocenters. The third-order valence-corrected chi connectivity index (χ3v) is 6.44. The molecule has 1 aliphatic carbocycles. The molecule has 0 atom stereocenters. The van der Waals surface area contributed by atoms with E-state index < -0.39 is 0 Å². The molecule has 1 heterocycles. The van der Waals surface area contributed by atoms with Crippen molar-refractivity contribution in [1.82, 2.24) is 9.97 Å². The van der Waals surface area contributed by atoms with Crippen molar-refractivity contribution in [3.8, 4) is 11.3 Å². The summed E-state index contributed by atoms with van der Waals surface area (Å²) in [4.78, 5) is 22.5. The lowest BCUT2D eigenvalue weighted by atomic mass is 9.91. The summed E-state index contributed by atoms with van der Waals surface area (Å²) in [6, 6.07) is 22.5. The Hall–Kier alpha value is -3.39. The first-order chi connectivity index (χ1) is 16.5. The van der Waals surface area contributed by atoms with Crippen LogP contribution in [0, 0.1) is 9.39 Å². The number of anilines is 1.